The molecule has 60 heavy (non-hydrogen) atoms. The quantitative estimate of drug-likeness (QED) is 0.162. The zero-order valence-corrected chi connectivity index (χ0v) is 33.2. The molecular formula is C59H38O. The molecule has 2 atom stereocenters. The second-order valence-electron chi connectivity index (χ2n) is 17.4. The minimum Gasteiger partial charge on any atom is -0.457 e. The van der Waals surface area contributed by atoms with Gasteiger partial charge in [-0.3, -0.25) is 0 Å². The van der Waals surface area contributed by atoms with Crippen LogP contribution >= 0.6 is 0 Å². The van der Waals surface area contributed by atoms with Gasteiger partial charge >= 0.3 is 0 Å². The average Bonchev–Trinajstić information content (AvgIpc) is 3.77. The number of fused-ring (bicyclic) bond motifs is 19. The molecule has 0 saturated heterocycles. The summed E-state index contributed by atoms with van der Waals surface area (Å²) in [6, 6.07) is 71.1. The molecule has 1 aliphatic heterocycles. The highest BCUT2D eigenvalue weighted by Crippen LogP contribution is 2.66. The molecule has 280 valence electrons. The Hall–Kier alpha value is -7.22. The van der Waals surface area contributed by atoms with Gasteiger partial charge in [-0.25, -0.2) is 0 Å². The van der Waals surface area contributed by atoms with Crippen LogP contribution in [-0.2, 0) is 10.8 Å². The van der Waals surface area contributed by atoms with Crippen LogP contribution in [0.5, 0.6) is 11.5 Å². The maximum absolute atomic E-state index is 7.05. The Labute approximate surface area is 349 Å². The summed E-state index contributed by atoms with van der Waals surface area (Å²) in [6.45, 7) is 2.39. The fraction of sp³-hybridized carbons (Fsp3) is 0.0847. The normalized spacial score (nSPS) is 18.6. The van der Waals surface area contributed by atoms with Crippen molar-refractivity contribution in [3.05, 3.63) is 255 Å². The third-order valence-electron chi connectivity index (χ3n) is 14.8. The molecule has 2 spiro atoms. The van der Waals surface area contributed by atoms with Gasteiger partial charge < -0.3 is 4.74 Å². The number of hydrogen-bond donors (Lipinski definition) is 0. The van der Waals surface area contributed by atoms with E-state index >= 15 is 0 Å². The zero-order chi connectivity index (χ0) is 39.3. The molecule has 2 unspecified atom stereocenters. The highest BCUT2D eigenvalue weighted by molar-refractivity contribution is 6.01. The molecule has 1 nitrogen and oxygen atoms in total. The molecule has 9 aromatic carbocycles. The Bertz CT molecular complexity index is 3370. The molecule has 0 saturated carbocycles. The number of rotatable bonds is 1. The smallest absolute Gasteiger partial charge is 0.132 e. The Morgan fingerprint density at radius 3 is 1.65 bits per heavy atom. The maximum atomic E-state index is 7.05. The van der Waals surface area contributed by atoms with Gasteiger partial charge in [-0.2, -0.15) is 0 Å². The molecule has 0 aromatic heterocycles. The third-order valence-corrected chi connectivity index (χ3v) is 14.8. The Balaban J connectivity index is 1.07. The van der Waals surface area contributed by atoms with Crippen molar-refractivity contribution in [1.82, 2.24) is 0 Å². The second-order valence-corrected chi connectivity index (χ2v) is 17.4. The standard InChI is InChI=1S/C59H38O/c1-35-28-30-44-43-18-6-10-24-48(43)58(50-26-12-20-39(35)56(44)50)49-25-11-7-19-45(49)57-40(21-13-27-51(57)58)38-29-31-54-52(33-38)59(53-32-36-14-2-3-15-37(36)34-55(53)60-54)46-22-8-4-16-41(46)42-17-5-9-23-47(42)59/h2-27,29-35H,28H2,1H3. The number of benzene rings is 9. The summed E-state index contributed by atoms with van der Waals surface area (Å²) in [5.41, 5.74) is 22.7. The van der Waals surface area contributed by atoms with Crippen molar-refractivity contribution in [2.24, 2.45) is 0 Å². The van der Waals surface area contributed by atoms with Crippen molar-refractivity contribution >= 4 is 16.3 Å². The van der Waals surface area contributed by atoms with E-state index in [-0.39, 0.29) is 0 Å². The summed E-state index contributed by atoms with van der Waals surface area (Å²) in [4.78, 5) is 0. The van der Waals surface area contributed by atoms with Crippen LogP contribution in [0.4, 0.5) is 0 Å². The summed E-state index contributed by atoms with van der Waals surface area (Å²) >= 11 is 0. The molecule has 1 heteroatoms. The zero-order valence-electron chi connectivity index (χ0n) is 33.2. The van der Waals surface area contributed by atoms with Crippen LogP contribution in [0.1, 0.15) is 80.5 Å². The molecule has 4 aliphatic carbocycles. The molecule has 0 radical (unpaired) electrons. The summed E-state index contributed by atoms with van der Waals surface area (Å²) in [5, 5.41) is 2.39. The molecule has 14 rings (SSSR count). The van der Waals surface area contributed by atoms with E-state index < -0.39 is 10.8 Å². The van der Waals surface area contributed by atoms with E-state index in [9.17, 15) is 0 Å². The van der Waals surface area contributed by atoms with Gasteiger partial charge in [0.05, 0.1) is 10.8 Å². The molecule has 0 amide bonds. The van der Waals surface area contributed by atoms with Crippen molar-refractivity contribution in [3.8, 4) is 44.9 Å². The molecule has 0 fully saturated rings. The van der Waals surface area contributed by atoms with Crippen LogP contribution < -0.4 is 4.74 Å². The van der Waals surface area contributed by atoms with Gasteiger partial charge in [-0.15, -0.1) is 0 Å². The maximum Gasteiger partial charge on any atom is 0.132 e. The van der Waals surface area contributed by atoms with Gasteiger partial charge in [-0.1, -0.05) is 177 Å². The monoisotopic (exact) mass is 762 g/mol. The lowest BCUT2D eigenvalue weighted by Gasteiger charge is -2.43. The van der Waals surface area contributed by atoms with Crippen LogP contribution in [0.25, 0.3) is 49.7 Å². The fourth-order valence-corrected chi connectivity index (χ4v) is 12.5. The summed E-state index contributed by atoms with van der Waals surface area (Å²) < 4.78 is 7.05. The first-order valence-corrected chi connectivity index (χ1v) is 21.4. The van der Waals surface area contributed by atoms with E-state index in [1.54, 1.807) is 0 Å². The van der Waals surface area contributed by atoms with E-state index in [1.807, 2.05) is 0 Å². The van der Waals surface area contributed by atoms with E-state index in [1.165, 1.54) is 111 Å². The molecule has 9 aromatic rings. The van der Waals surface area contributed by atoms with Crippen LogP contribution in [0.3, 0.4) is 0 Å². The third kappa shape index (κ3) is 3.81. The van der Waals surface area contributed by atoms with Crippen molar-refractivity contribution < 1.29 is 4.74 Å². The number of ether oxygens (including phenoxy) is 1. The van der Waals surface area contributed by atoms with E-state index in [0.29, 0.717) is 5.92 Å². The topological polar surface area (TPSA) is 9.23 Å². The summed E-state index contributed by atoms with van der Waals surface area (Å²) in [5.74, 6) is 2.29. The van der Waals surface area contributed by atoms with Gasteiger partial charge in [-0.05, 0) is 136 Å². The lowest BCUT2D eigenvalue weighted by atomic mass is 9.58. The number of hydrogen-bond acceptors (Lipinski definition) is 1. The van der Waals surface area contributed by atoms with Crippen LogP contribution in [-0.4, -0.2) is 0 Å². The molecule has 1 heterocycles. The van der Waals surface area contributed by atoms with Crippen LogP contribution in [0, 0.1) is 0 Å². The number of allylic oxidation sites excluding steroid dienone is 1. The van der Waals surface area contributed by atoms with Crippen molar-refractivity contribution in [1.29, 1.82) is 0 Å². The molecule has 0 N–H and O–H groups in total. The lowest BCUT2D eigenvalue weighted by Crippen LogP contribution is -2.35. The molecule has 5 aliphatic rings. The summed E-state index contributed by atoms with van der Waals surface area (Å²) in [6.07, 6.45) is 3.56. The van der Waals surface area contributed by atoms with Gasteiger partial charge in [0, 0.05) is 11.1 Å². The highest BCUT2D eigenvalue weighted by atomic mass is 16.5. The highest BCUT2D eigenvalue weighted by Gasteiger charge is 2.54. The summed E-state index contributed by atoms with van der Waals surface area (Å²) in [7, 11) is 0. The van der Waals surface area contributed by atoms with E-state index in [4.69, 9.17) is 4.74 Å². The molecule has 0 bridgehead atoms. The first kappa shape index (κ1) is 32.7. The van der Waals surface area contributed by atoms with Crippen molar-refractivity contribution in [2.45, 2.75) is 30.1 Å². The van der Waals surface area contributed by atoms with Gasteiger partial charge in [0.1, 0.15) is 11.5 Å². The fourth-order valence-electron chi connectivity index (χ4n) is 12.5. The Kier molecular flexibility index (Phi) is 6.27. The Morgan fingerprint density at radius 2 is 0.917 bits per heavy atom. The predicted molar refractivity (Wildman–Crippen MR) is 244 cm³/mol. The van der Waals surface area contributed by atoms with Crippen molar-refractivity contribution in [2.75, 3.05) is 0 Å². The Morgan fingerprint density at radius 1 is 0.400 bits per heavy atom. The first-order chi connectivity index (χ1) is 29.7. The predicted octanol–water partition coefficient (Wildman–Crippen LogP) is 14.6. The SMILES string of the molecule is CC1CC=C2c3ccccc3C3(c4ccccc4-c4c(-c5ccc6c(c5)C5(c7cc8ccccc8cc7O6)c6ccccc6-c6ccccc65)cccc43)c3cccc1c32. The minimum absolute atomic E-state index is 0.458. The van der Waals surface area contributed by atoms with E-state index in [0.717, 1.165) is 17.9 Å². The van der Waals surface area contributed by atoms with Crippen LogP contribution in [0.15, 0.2) is 194 Å². The van der Waals surface area contributed by atoms with Crippen molar-refractivity contribution in [3.63, 3.8) is 0 Å². The minimum atomic E-state index is -0.571. The van der Waals surface area contributed by atoms with Crippen LogP contribution in [0.2, 0.25) is 0 Å². The lowest BCUT2D eigenvalue weighted by molar-refractivity contribution is 0.437. The second kappa shape index (κ2) is 11.5. The largest absolute Gasteiger partial charge is 0.457 e. The van der Waals surface area contributed by atoms with E-state index in [2.05, 4.69) is 201 Å². The first-order valence-electron chi connectivity index (χ1n) is 21.4. The molecular weight excluding hydrogens is 725 g/mol. The van der Waals surface area contributed by atoms with Gasteiger partial charge in [0.2, 0.25) is 0 Å². The van der Waals surface area contributed by atoms with Gasteiger partial charge in [0.25, 0.3) is 0 Å². The van der Waals surface area contributed by atoms with Gasteiger partial charge in [0.15, 0.2) is 0 Å². The average molecular weight is 763 g/mol.